The van der Waals surface area contributed by atoms with Crippen LogP contribution in [0.2, 0.25) is 0 Å². The third-order valence-corrected chi connectivity index (χ3v) is 5.22. The number of fused-ring (bicyclic) bond motifs is 1. The van der Waals surface area contributed by atoms with E-state index in [9.17, 15) is 14.4 Å². The molecule has 3 rings (SSSR count). The average molecular weight is 425 g/mol. The van der Waals surface area contributed by atoms with Crippen molar-refractivity contribution in [3.63, 3.8) is 0 Å². The number of urea groups is 1. The minimum atomic E-state index is -1.12. The number of carbonyl (C=O) groups is 3. The number of likely N-dealkylation sites (tertiary alicyclic amines) is 1. The van der Waals surface area contributed by atoms with Crippen LogP contribution < -0.4 is 10.2 Å². The highest BCUT2D eigenvalue weighted by molar-refractivity contribution is 9.10. The highest BCUT2D eigenvalue weighted by Crippen LogP contribution is 2.33. The van der Waals surface area contributed by atoms with Crippen LogP contribution in [0.15, 0.2) is 22.7 Å². The summed E-state index contributed by atoms with van der Waals surface area (Å²) in [7, 11) is 0. The fourth-order valence-corrected chi connectivity index (χ4v) is 3.64. The van der Waals surface area contributed by atoms with Crippen molar-refractivity contribution in [2.24, 2.45) is 0 Å². The Labute approximate surface area is 159 Å². The summed E-state index contributed by atoms with van der Waals surface area (Å²) in [4.78, 5) is 40.6. The highest BCUT2D eigenvalue weighted by atomic mass is 79.9. The molecule has 0 aromatic heterocycles. The minimum Gasteiger partial charge on any atom is -0.465 e. The predicted octanol–water partition coefficient (Wildman–Crippen LogP) is 2.08. The van der Waals surface area contributed by atoms with Crippen LogP contribution in [-0.4, -0.2) is 65.2 Å². The van der Waals surface area contributed by atoms with Gasteiger partial charge in [0.05, 0.1) is 11.7 Å². The molecule has 2 aliphatic rings. The molecular weight excluding hydrogens is 404 g/mol. The number of halogens is 1. The van der Waals surface area contributed by atoms with Gasteiger partial charge in [0.1, 0.15) is 0 Å². The molecule has 0 radical (unpaired) electrons. The molecule has 4 amide bonds. The summed E-state index contributed by atoms with van der Waals surface area (Å²) in [5.41, 5.74) is 1.79. The SMILES string of the molecule is CCC(=O)N1CC(N2Cc3ccc(Br)cc3N(CCNC(=O)O)C2=O)C1. The first-order valence-electron chi connectivity index (χ1n) is 8.51. The number of carbonyl (C=O) groups excluding carboxylic acids is 2. The topological polar surface area (TPSA) is 93.2 Å². The van der Waals surface area contributed by atoms with Crippen molar-refractivity contribution in [2.75, 3.05) is 31.1 Å². The van der Waals surface area contributed by atoms with Crippen LogP contribution in [-0.2, 0) is 11.3 Å². The van der Waals surface area contributed by atoms with Gasteiger partial charge in [0.2, 0.25) is 5.91 Å². The van der Waals surface area contributed by atoms with E-state index >= 15 is 0 Å². The fourth-order valence-electron chi connectivity index (χ4n) is 3.29. The van der Waals surface area contributed by atoms with E-state index in [4.69, 9.17) is 5.11 Å². The minimum absolute atomic E-state index is 0.00951. The van der Waals surface area contributed by atoms with Gasteiger partial charge in [0, 0.05) is 43.6 Å². The number of carboxylic acid groups (broad SMARTS) is 1. The molecule has 1 aromatic carbocycles. The molecule has 1 fully saturated rings. The molecule has 140 valence electrons. The van der Waals surface area contributed by atoms with Gasteiger partial charge in [-0.1, -0.05) is 28.9 Å². The molecular formula is C17H21BrN4O4. The molecule has 0 aliphatic carbocycles. The zero-order valence-corrected chi connectivity index (χ0v) is 16.0. The summed E-state index contributed by atoms with van der Waals surface area (Å²) in [6, 6.07) is 5.60. The van der Waals surface area contributed by atoms with Crippen molar-refractivity contribution in [2.45, 2.75) is 25.9 Å². The number of nitrogens with zero attached hydrogens (tertiary/aromatic N) is 3. The van der Waals surface area contributed by atoms with E-state index in [1.165, 1.54) is 0 Å². The van der Waals surface area contributed by atoms with E-state index in [1.807, 2.05) is 25.1 Å². The van der Waals surface area contributed by atoms with E-state index in [0.717, 1.165) is 15.7 Å². The van der Waals surface area contributed by atoms with Gasteiger partial charge in [-0.25, -0.2) is 9.59 Å². The molecule has 0 unspecified atom stereocenters. The van der Waals surface area contributed by atoms with Crippen molar-refractivity contribution < 1.29 is 19.5 Å². The van der Waals surface area contributed by atoms with Crippen LogP contribution in [0.4, 0.5) is 15.3 Å². The lowest BCUT2D eigenvalue weighted by atomic mass is 10.0. The molecule has 1 aromatic rings. The lowest BCUT2D eigenvalue weighted by molar-refractivity contribution is -0.137. The van der Waals surface area contributed by atoms with E-state index in [-0.39, 0.29) is 31.1 Å². The van der Waals surface area contributed by atoms with Crippen molar-refractivity contribution in [1.82, 2.24) is 15.1 Å². The largest absolute Gasteiger partial charge is 0.465 e. The summed E-state index contributed by atoms with van der Waals surface area (Å²) in [5.74, 6) is 0.0950. The first-order valence-corrected chi connectivity index (χ1v) is 9.31. The summed E-state index contributed by atoms with van der Waals surface area (Å²) in [6.45, 7) is 3.80. The summed E-state index contributed by atoms with van der Waals surface area (Å²) in [6.07, 6.45) is -0.654. The molecule has 0 atom stereocenters. The van der Waals surface area contributed by atoms with Crippen LogP contribution in [0, 0.1) is 0 Å². The monoisotopic (exact) mass is 424 g/mol. The second-order valence-electron chi connectivity index (χ2n) is 6.37. The maximum Gasteiger partial charge on any atom is 0.404 e. The standard InChI is InChI=1S/C17H21BrN4O4/c1-2-15(23)20-9-13(10-20)22-8-11-3-4-12(18)7-14(11)21(17(22)26)6-5-19-16(24)25/h3-4,7,13,19H,2,5-6,8-10H2,1H3,(H,24,25). The summed E-state index contributed by atoms with van der Waals surface area (Å²) in [5, 5.41) is 11.1. The van der Waals surface area contributed by atoms with Crippen LogP contribution >= 0.6 is 15.9 Å². The van der Waals surface area contributed by atoms with Gasteiger partial charge in [-0.2, -0.15) is 0 Å². The number of anilines is 1. The molecule has 0 bridgehead atoms. The normalized spacial score (nSPS) is 17.0. The average Bonchev–Trinajstić information content (AvgIpc) is 2.56. The van der Waals surface area contributed by atoms with E-state index in [1.54, 1.807) is 14.7 Å². The van der Waals surface area contributed by atoms with Crippen LogP contribution in [0.1, 0.15) is 18.9 Å². The first kappa shape index (κ1) is 18.5. The van der Waals surface area contributed by atoms with Gasteiger partial charge >= 0.3 is 12.1 Å². The maximum absolute atomic E-state index is 13.0. The molecule has 8 nitrogen and oxygen atoms in total. The van der Waals surface area contributed by atoms with Gasteiger partial charge in [-0.05, 0) is 17.7 Å². The lowest BCUT2D eigenvalue weighted by Crippen LogP contribution is -2.65. The Hall–Kier alpha value is -2.29. The second kappa shape index (κ2) is 7.53. The third kappa shape index (κ3) is 3.62. The van der Waals surface area contributed by atoms with Crippen molar-refractivity contribution >= 4 is 39.6 Å². The van der Waals surface area contributed by atoms with Gasteiger partial charge < -0.3 is 20.2 Å². The quantitative estimate of drug-likeness (QED) is 0.756. The van der Waals surface area contributed by atoms with Crippen LogP contribution in [0.25, 0.3) is 0 Å². The first-order chi connectivity index (χ1) is 12.4. The number of amides is 4. The molecule has 2 heterocycles. The van der Waals surface area contributed by atoms with E-state index < -0.39 is 6.09 Å². The number of hydrogen-bond donors (Lipinski definition) is 2. The predicted molar refractivity (Wildman–Crippen MR) is 99.1 cm³/mol. The molecule has 2 N–H and O–H groups in total. The van der Waals surface area contributed by atoms with Crippen molar-refractivity contribution in [3.05, 3.63) is 28.2 Å². The van der Waals surface area contributed by atoms with Gasteiger partial charge in [-0.15, -0.1) is 0 Å². The van der Waals surface area contributed by atoms with Crippen molar-refractivity contribution in [3.8, 4) is 0 Å². The summed E-state index contributed by atoms with van der Waals surface area (Å²) >= 11 is 3.42. The fraction of sp³-hybridized carbons (Fsp3) is 0.471. The Kier molecular flexibility index (Phi) is 5.36. The zero-order chi connectivity index (χ0) is 18.8. The molecule has 0 spiro atoms. The Morgan fingerprint density at radius 2 is 2.08 bits per heavy atom. The zero-order valence-electron chi connectivity index (χ0n) is 14.4. The number of hydrogen-bond acceptors (Lipinski definition) is 3. The smallest absolute Gasteiger partial charge is 0.404 e. The number of benzene rings is 1. The van der Waals surface area contributed by atoms with Gasteiger partial charge in [0.15, 0.2) is 0 Å². The van der Waals surface area contributed by atoms with E-state index in [0.29, 0.717) is 26.1 Å². The second-order valence-corrected chi connectivity index (χ2v) is 7.29. The van der Waals surface area contributed by atoms with Crippen LogP contribution in [0.3, 0.4) is 0 Å². The number of rotatable bonds is 5. The van der Waals surface area contributed by atoms with E-state index in [2.05, 4.69) is 21.2 Å². The number of nitrogens with one attached hydrogen (secondary N) is 1. The van der Waals surface area contributed by atoms with Gasteiger partial charge in [-0.3, -0.25) is 9.69 Å². The molecule has 0 saturated carbocycles. The molecule has 2 aliphatic heterocycles. The Bertz CT molecular complexity index is 735. The molecule has 26 heavy (non-hydrogen) atoms. The summed E-state index contributed by atoms with van der Waals surface area (Å²) < 4.78 is 0.858. The molecule has 1 saturated heterocycles. The Balaban J connectivity index is 1.77. The van der Waals surface area contributed by atoms with Crippen LogP contribution in [0.5, 0.6) is 0 Å². The highest BCUT2D eigenvalue weighted by Gasteiger charge is 2.41. The third-order valence-electron chi connectivity index (χ3n) is 4.73. The van der Waals surface area contributed by atoms with Gasteiger partial charge in [0.25, 0.3) is 0 Å². The molecule has 9 heteroatoms. The maximum atomic E-state index is 13.0. The Morgan fingerprint density at radius 3 is 2.73 bits per heavy atom. The lowest BCUT2D eigenvalue weighted by Gasteiger charge is -2.48. The van der Waals surface area contributed by atoms with Crippen molar-refractivity contribution in [1.29, 1.82) is 0 Å². The Morgan fingerprint density at radius 1 is 1.35 bits per heavy atom.